The fraction of sp³-hybridized carbons (Fsp3) is 0.467. The Labute approximate surface area is 113 Å². The molecule has 0 saturated heterocycles. The fourth-order valence-electron chi connectivity index (χ4n) is 2.63. The van der Waals surface area contributed by atoms with Crippen LogP contribution in [0.2, 0.25) is 5.02 Å². The Kier molecular flexibility index (Phi) is 3.45. The maximum absolute atomic E-state index is 9.39. The van der Waals surface area contributed by atoms with Crippen LogP contribution < -0.4 is 0 Å². The average molecular weight is 261 g/mol. The molecule has 0 bridgehead atoms. The van der Waals surface area contributed by atoms with Crippen molar-refractivity contribution in [1.82, 2.24) is 0 Å². The van der Waals surface area contributed by atoms with Crippen LogP contribution in [-0.4, -0.2) is 11.8 Å². The van der Waals surface area contributed by atoms with Gasteiger partial charge in [0, 0.05) is 16.7 Å². The first-order valence-corrected chi connectivity index (χ1v) is 6.71. The highest BCUT2D eigenvalue weighted by Crippen LogP contribution is 2.63. The van der Waals surface area contributed by atoms with E-state index in [0.29, 0.717) is 5.02 Å². The van der Waals surface area contributed by atoms with Crippen LogP contribution in [0, 0.1) is 16.7 Å². The van der Waals surface area contributed by atoms with Gasteiger partial charge in [0.15, 0.2) is 5.54 Å². The van der Waals surface area contributed by atoms with E-state index in [1.54, 1.807) is 6.21 Å². The minimum absolute atomic E-state index is 0.0880. The Morgan fingerprint density at radius 3 is 2.39 bits per heavy atom. The van der Waals surface area contributed by atoms with Crippen LogP contribution in [-0.2, 0) is 0 Å². The minimum atomic E-state index is -0.504. The second-order valence-corrected chi connectivity index (χ2v) is 5.38. The summed E-state index contributed by atoms with van der Waals surface area (Å²) in [4.78, 5) is 4.55. The molecule has 94 valence electrons. The number of nitrogens with zero attached hydrogens (tertiary/aromatic N) is 2. The third kappa shape index (κ3) is 2.04. The third-order valence-corrected chi connectivity index (χ3v) is 4.44. The summed E-state index contributed by atoms with van der Waals surface area (Å²) in [5, 5.41) is 10.1. The molecule has 1 fully saturated rings. The molecule has 0 aromatic heterocycles. The Bertz CT molecular complexity index is 494. The first-order chi connectivity index (χ1) is 8.61. The molecule has 1 unspecified atom stereocenters. The summed E-state index contributed by atoms with van der Waals surface area (Å²) in [6.07, 6.45) is 4.70. The molecule has 1 atom stereocenters. The normalized spacial score (nSPS) is 25.0. The molecule has 1 aliphatic carbocycles. The van der Waals surface area contributed by atoms with E-state index in [4.69, 9.17) is 11.6 Å². The molecule has 18 heavy (non-hydrogen) atoms. The van der Waals surface area contributed by atoms with Crippen molar-refractivity contribution in [3.8, 4) is 6.07 Å². The molecule has 1 saturated carbocycles. The third-order valence-electron chi connectivity index (χ3n) is 4.19. The molecule has 2 nitrogen and oxygen atoms in total. The van der Waals surface area contributed by atoms with Crippen molar-refractivity contribution < 1.29 is 0 Å². The molecule has 1 aromatic rings. The SMILES string of the molecule is CCC1(CC)CC1(C#N)N=Cc1ccc(Cl)cc1. The topological polar surface area (TPSA) is 36.1 Å². The van der Waals surface area contributed by atoms with Gasteiger partial charge in [0.2, 0.25) is 0 Å². The van der Waals surface area contributed by atoms with E-state index in [9.17, 15) is 5.26 Å². The van der Waals surface area contributed by atoms with Gasteiger partial charge in [-0.05, 0) is 37.0 Å². The monoisotopic (exact) mass is 260 g/mol. The van der Waals surface area contributed by atoms with Crippen LogP contribution in [0.15, 0.2) is 29.3 Å². The maximum Gasteiger partial charge on any atom is 0.153 e. The Balaban J connectivity index is 2.19. The predicted octanol–water partition coefficient (Wildman–Crippen LogP) is 4.23. The van der Waals surface area contributed by atoms with Crippen LogP contribution in [0.25, 0.3) is 0 Å². The first-order valence-electron chi connectivity index (χ1n) is 6.33. The highest BCUT2D eigenvalue weighted by molar-refractivity contribution is 6.30. The summed E-state index contributed by atoms with van der Waals surface area (Å²) in [5.74, 6) is 0. The lowest BCUT2D eigenvalue weighted by Gasteiger charge is -2.13. The van der Waals surface area contributed by atoms with Crippen LogP contribution in [0.1, 0.15) is 38.7 Å². The van der Waals surface area contributed by atoms with Gasteiger partial charge in [0.1, 0.15) is 0 Å². The van der Waals surface area contributed by atoms with Crippen molar-refractivity contribution >= 4 is 17.8 Å². The minimum Gasteiger partial charge on any atom is -0.270 e. The smallest absolute Gasteiger partial charge is 0.153 e. The molecule has 0 radical (unpaired) electrons. The van der Waals surface area contributed by atoms with E-state index in [2.05, 4.69) is 24.9 Å². The van der Waals surface area contributed by atoms with E-state index >= 15 is 0 Å². The van der Waals surface area contributed by atoms with Crippen molar-refractivity contribution in [2.24, 2.45) is 10.4 Å². The lowest BCUT2D eigenvalue weighted by Crippen LogP contribution is -2.15. The lowest BCUT2D eigenvalue weighted by molar-refractivity contribution is 0.426. The molecule has 1 aromatic carbocycles. The van der Waals surface area contributed by atoms with E-state index in [1.165, 1.54) is 0 Å². The average Bonchev–Trinajstić information content (AvgIpc) is 3.08. The van der Waals surface area contributed by atoms with Gasteiger partial charge < -0.3 is 0 Å². The van der Waals surface area contributed by atoms with E-state index in [-0.39, 0.29) is 5.41 Å². The second kappa shape index (κ2) is 4.74. The number of nitriles is 1. The lowest BCUT2D eigenvalue weighted by atomic mass is 9.94. The molecule has 0 aliphatic heterocycles. The number of benzene rings is 1. The van der Waals surface area contributed by atoms with Gasteiger partial charge in [-0.2, -0.15) is 5.26 Å². The summed E-state index contributed by atoms with van der Waals surface area (Å²) >= 11 is 5.83. The summed E-state index contributed by atoms with van der Waals surface area (Å²) in [6, 6.07) is 9.90. The molecule has 0 heterocycles. The van der Waals surface area contributed by atoms with Gasteiger partial charge in [-0.25, -0.2) is 0 Å². The zero-order chi connectivity index (χ0) is 13.2. The Morgan fingerprint density at radius 1 is 1.33 bits per heavy atom. The molecule has 0 amide bonds. The van der Waals surface area contributed by atoms with Crippen molar-refractivity contribution in [3.05, 3.63) is 34.9 Å². The molecule has 0 N–H and O–H groups in total. The van der Waals surface area contributed by atoms with Gasteiger partial charge >= 0.3 is 0 Å². The summed E-state index contributed by atoms with van der Waals surface area (Å²) in [7, 11) is 0. The van der Waals surface area contributed by atoms with Gasteiger partial charge in [0.25, 0.3) is 0 Å². The molecular formula is C15H17ClN2. The number of aliphatic imine (C=N–C) groups is 1. The van der Waals surface area contributed by atoms with E-state index in [1.807, 2.05) is 24.3 Å². The van der Waals surface area contributed by atoms with Crippen molar-refractivity contribution in [1.29, 1.82) is 5.26 Å². The zero-order valence-electron chi connectivity index (χ0n) is 10.8. The molecular weight excluding hydrogens is 244 g/mol. The molecule has 2 rings (SSSR count). The van der Waals surface area contributed by atoms with Gasteiger partial charge in [0.05, 0.1) is 6.07 Å². The highest BCUT2D eigenvalue weighted by Gasteiger charge is 2.66. The molecule has 3 heteroatoms. The van der Waals surface area contributed by atoms with Crippen LogP contribution in [0.3, 0.4) is 0 Å². The molecule has 0 spiro atoms. The summed E-state index contributed by atoms with van der Waals surface area (Å²) in [5.41, 5.74) is 0.572. The quantitative estimate of drug-likeness (QED) is 0.746. The van der Waals surface area contributed by atoms with Crippen LogP contribution in [0.4, 0.5) is 0 Å². The van der Waals surface area contributed by atoms with Crippen LogP contribution >= 0.6 is 11.6 Å². The number of rotatable bonds is 4. The second-order valence-electron chi connectivity index (χ2n) is 4.95. The first kappa shape index (κ1) is 13.1. The van der Waals surface area contributed by atoms with Gasteiger partial charge in [-0.3, -0.25) is 4.99 Å². The van der Waals surface area contributed by atoms with Crippen LogP contribution in [0.5, 0.6) is 0 Å². The van der Waals surface area contributed by atoms with Gasteiger partial charge in [-0.1, -0.05) is 37.6 Å². The van der Waals surface area contributed by atoms with Crippen molar-refractivity contribution in [2.45, 2.75) is 38.6 Å². The summed E-state index contributed by atoms with van der Waals surface area (Å²) < 4.78 is 0. The largest absolute Gasteiger partial charge is 0.270 e. The Hall–Kier alpha value is -1.33. The Morgan fingerprint density at radius 2 is 1.94 bits per heavy atom. The fourth-order valence-corrected chi connectivity index (χ4v) is 2.76. The maximum atomic E-state index is 9.39. The number of hydrogen-bond acceptors (Lipinski definition) is 2. The highest BCUT2D eigenvalue weighted by atomic mass is 35.5. The van der Waals surface area contributed by atoms with Gasteiger partial charge in [-0.15, -0.1) is 0 Å². The van der Waals surface area contributed by atoms with Crippen molar-refractivity contribution in [2.75, 3.05) is 0 Å². The van der Waals surface area contributed by atoms with E-state index < -0.39 is 5.54 Å². The summed E-state index contributed by atoms with van der Waals surface area (Å²) in [6.45, 7) is 4.28. The standard InChI is InChI=1S/C15H17ClN2/c1-3-14(4-2)10-15(14,11-17)18-9-12-5-7-13(16)8-6-12/h5-9H,3-4,10H2,1-2H3. The number of halogens is 1. The van der Waals surface area contributed by atoms with Crippen molar-refractivity contribution in [3.63, 3.8) is 0 Å². The zero-order valence-corrected chi connectivity index (χ0v) is 11.5. The molecule has 1 aliphatic rings. The van der Waals surface area contributed by atoms with E-state index in [0.717, 1.165) is 24.8 Å². The number of hydrogen-bond donors (Lipinski definition) is 0. The predicted molar refractivity (Wildman–Crippen MR) is 75.0 cm³/mol.